The number of pyridine rings is 1. The Morgan fingerprint density at radius 3 is 2.67 bits per heavy atom. The van der Waals surface area contributed by atoms with Gasteiger partial charge >= 0.3 is 0 Å². The molecule has 2 heterocycles. The highest BCUT2D eigenvalue weighted by atomic mass is 16.6. The zero-order valence-electron chi connectivity index (χ0n) is 12.8. The molecule has 0 amide bonds. The first kappa shape index (κ1) is 15.4. The Hall–Kier alpha value is -3.47. The first-order chi connectivity index (χ1) is 11.7. The molecule has 0 saturated carbocycles. The van der Waals surface area contributed by atoms with Gasteiger partial charge in [-0.3, -0.25) is 10.1 Å². The van der Waals surface area contributed by atoms with Gasteiger partial charge in [0.05, 0.1) is 33.3 Å². The van der Waals surface area contributed by atoms with Gasteiger partial charge in [0, 0.05) is 0 Å². The molecule has 5 heteroatoms. The Morgan fingerprint density at radius 1 is 1.12 bits per heavy atom. The van der Waals surface area contributed by atoms with Gasteiger partial charge in [0.25, 0.3) is 5.69 Å². The lowest BCUT2D eigenvalue weighted by Gasteiger charge is -2.06. The minimum absolute atomic E-state index is 0.0205. The number of para-hydroxylation sites is 1. The minimum Gasteiger partial charge on any atom is -0.465 e. The van der Waals surface area contributed by atoms with E-state index in [1.165, 1.54) is 0 Å². The summed E-state index contributed by atoms with van der Waals surface area (Å²) >= 11 is 0. The summed E-state index contributed by atoms with van der Waals surface area (Å²) in [7, 11) is 0. The van der Waals surface area contributed by atoms with Crippen LogP contribution in [0.15, 0.2) is 65.8 Å². The Morgan fingerprint density at radius 2 is 1.96 bits per heavy atom. The summed E-state index contributed by atoms with van der Waals surface area (Å²) in [5.74, 6) is 0.608. The van der Waals surface area contributed by atoms with E-state index in [4.69, 9.17) is 4.42 Å². The maximum atomic E-state index is 11.7. The van der Waals surface area contributed by atoms with Crippen LogP contribution >= 0.6 is 0 Å². The number of furan rings is 1. The van der Waals surface area contributed by atoms with Crippen LogP contribution in [0.4, 0.5) is 5.69 Å². The van der Waals surface area contributed by atoms with Gasteiger partial charge in [-0.25, -0.2) is 4.98 Å². The number of nitro groups is 1. The van der Waals surface area contributed by atoms with E-state index in [1.807, 2.05) is 0 Å². The molecule has 0 atom stereocenters. The van der Waals surface area contributed by atoms with Crippen LogP contribution in [0.3, 0.4) is 0 Å². The van der Waals surface area contributed by atoms with Gasteiger partial charge in [0.15, 0.2) is 0 Å². The van der Waals surface area contributed by atoms with Gasteiger partial charge < -0.3 is 4.42 Å². The summed E-state index contributed by atoms with van der Waals surface area (Å²) < 4.78 is 5.25. The molecule has 5 nitrogen and oxygen atoms in total. The van der Waals surface area contributed by atoms with Crippen molar-refractivity contribution in [3.05, 3.63) is 88.5 Å². The Bertz CT molecular complexity index is 954. The molecule has 0 radical (unpaired) electrons. The van der Waals surface area contributed by atoms with Gasteiger partial charge in [0.1, 0.15) is 5.76 Å². The molecule has 0 aliphatic carbocycles. The van der Waals surface area contributed by atoms with Crippen molar-refractivity contribution in [2.75, 3.05) is 0 Å². The lowest BCUT2D eigenvalue weighted by molar-refractivity contribution is -0.383. The molecule has 0 aliphatic heterocycles. The van der Waals surface area contributed by atoms with Crippen molar-refractivity contribution in [3.63, 3.8) is 0 Å². The molecule has 3 rings (SSSR count). The van der Waals surface area contributed by atoms with E-state index in [1.54, 1.807) is 73.0 Å². The second-order valence-corrected chi connectivity index (χ2v) is 4.98. The maximum absolute atomic E-state index is 11.7. The number of allylic oxidation sites excluding steroid dienone is 2. The molecule has 0 aliphatic rings. The zero-order valence-corrected chi connectivity index (χ0v) is 12.8. The van der Waals surface area contributed by atoms with Crippen molar-refractivity contribution < 1.29 is 9.34 Å². The molecule has 2 aromatic heterocycles. The van der Waals surface area contributed by atoms with Crippen LogP contribution in [0.2, 0.25) is 0 Å². The lowest BCUT2D eigenvalue weighted by Crippen LogP contribution is -1.98. The topological polar surface area (TPSA) is 69.2 Å². The number of fused-ring (bicyclic) bond motifs is 1. The summed E-state index contributed by atoms with van der Waals surface area (Å²) in [5.41, 5.74) is 1.52. The van der Waals surface area contributed by atoms with Crippen LogP contribution in [-0.4, -0.2) is 9.91 Å². The summed E-state index contributed by atoms with van der Waals surface area (Å²) in [6.07, 6.45) is 9.89. The third kappa shape index (κ3) is 3.01. The molecule has 0 N–H and O–H groups in total. The zero-order chi connectivity index (χ0) is 16.9. The molecule has 1 aromatic carbocycles. The predicted octanol–water partition coefficient (Wildman–Crippen LogP) is 5.11. The highest BCUT2D eigenvalue weighted by molar-refractivity contribution is 5.95. The van der Waals surface area contributed by atoms with Gasteiger partial charge in [-0.15, -0.1) is 0 Å². The van der Waals surface area contributed by atoms with Gasteiger partial charge in [-0.1, -0.05) is 30.9 Å². The van der Waals surface area contributed by atoms with Crippen molar-refractivity contribution >= 4 is 34.8 Å². The molecular formula is C19H14N2O3. The summed E-state index contributed by atoms with van der Waals surface area (Å²) in [5, 5.41) is 12.2. The molecule has 118 valence electrons. The lowest BCUT2D eigenvalue weighted by atomic mass is 10.0. The number of hydrogen-bond donors (Lipinski definition) is 0. The number of nitrogens with zero attached hydrogens (tertiary/aromatic N) is 2. The largest absolute Gasteiger partial charge is 0.465 e. The van der Waals surface area contributed by atoms with E-state index < -0.39 is 0 Å². The number of benzene rings is 1. The van der Waals surface area contributed by atoms with Gasteiger partial charge in [0.2, 0.25) is 0 Å². The monoisotopic (exact) mass is 318 g/mol. The maximum Gasteiger partial charge on any atom is 0.288 e. The highest BCUT2D eigenvalue weighted by Gasteiger charge is 2.21. The number of hydrogen-bond acceptors (Lipinski definition) is 4. The normalized spacial score (nSPS) is 11.5. The molecule has 0 saturated heterocycles. The van der Waals surface area contributed by atoms with Crippen molar-refractivity contribution in [2.45, 2.75) is 0 Å². The average Bonchev–Trinajstić information content (AvgIpc) is 3.10. The first-order valence-corrected chi connectivity index (χ1v) is 7.28. The van der Waals surface area contributed by atoms with E-state index in [9.17, 15) is 10.1 Å². The second kappa shape index (κ2) is 6.75. The van der Waals surface area contributed by atoms with Crippen LogP contribution in [-0.2, 0) is 0 Å². The van der Waals surface area contributed by atoms with Crippen molar-refractivity contribution in [1.82, 2.24) is 4.98 Å². The first-order valence-electron chi connectivity index (χ1n) is 7.28. The standard InChI is InChI=1S/C19H14N2O3/c1-2-3-9-17-16(12-11-14-7-6-13-24-14)19(21(22)23)15-8-4-5-10-18(15)20-17/h2-13H,1H2. The van der Waals surface area contributed by atoms with Crippen LogP contribution in [0.25, 0.3) is 29.1 Å². The molecular weight excluding hydrogens is 304 g/mol. The molecule has 24 heavy (non-hydrogen) atoms. The molecule has 0 unspecified atom stereocenters. The number of rotatable bonds is 5. The van der Waals surface area contributed by atoms with Gasteiger partial charge in [-0.05, 0) is 42.5 Å². The average molecular weight is 318 g/mol. The van der Waals surface area contributed by atoms with E-state index >= 15 is 0 Å². The number of aromatic nitrogens is 1. The summed E-state index contributed by atoms with van der Waals surface area (Å²) in [6, 6.07) is 10.6. The van der Waals surface area contributed by atoms with Crippen LogP contribution in [0.1, 0.15) is 17.0 Å². The molecule has 3 aromatic rings. The molecule has 0 fully saturated rings. The fourth-order valence-corrected chi connectivity index (χ4v) is 2.43. The fourth-order valence-electron chi connectivity index (χ4n) is 2.43. The summed E-state index contributed by atoms with van der Waals surface area (Å²) in [4.78, 5) is 15.9. The van der Waals surface area contributed by atoms with Gasteiger partial charge in [-0.2, -0.15) is 0 Å². The smallest absolute Gasteiger partial charge is 0.288 e. The molecule has 0 spiro atoms. The Kier molecular flexibility index (Phi) is 4.34. The SMILES string of the molecule is C=CC=Cc1nc2ccccc2c([N+](=O)[O-])c1C=Cc1ccco1. The fraction of sp³-hybridized carbons (Fsp3) is 0. The van der Waals surface area contributed by atoms with Crippen LogP contribution in [0.5, 0.6) is 0 Å². The van der Waals surface area contributed by atoms with Crippen molar-refractivity contribution in [2.24, 2.45) is 0 Å². The minimum atomic E-state index is -0.378. The van der Waals surface area contributed by atoms with E-state index in [-0.39, 0.29) is 10.6 Å². The predicted molar refractivity (Wildman–Crippen MR) is 95.3 cm³/mol. The van der Waals surface area contributed by atoms with Crippen molar-refractivity contribution in [3.8, 4) is 0 Å². The summed E-state index contributed by atoms with van der Waals surface area (Å²) in [6.45, 7) is 3.63. The van der Waals surface area contributed by atoms with Crippen LogP contribution in [0, 0.1) is 10.1 Å². The van der Waals surface area contributed by atoms with Crippen molar-refractivity contribution in [1.29, 1.82) is 0 Å². The Balaban J connectivity index is 2.29. The van der Waals surface area contributed by atoms with Crippen LogP contribution < -0.4 is 0 Å². The van der Waals surface area contributed by atoms with E-state index in [0.29, 0.717) is 27.9 Å². The third-order valence-electron chi connectivity index (χ3n) is 3.46. The molecule has 0 bridgehead atoms. The quantitative estimate of drug-likeness (QED) is 0.372. The third-order valence-corrected chi connectivity index (χ3v) is 3.46. The second-order valence-electron chi connectivity index (χ2n) is 4.98. The Labute approximate surface area is 138 Å². The van der Waals surface area contributed by atoms with E-state index in [0.717, 1.165) is 0 Å². The van der Waals surface area contributed by atoms with E-state index in [2.05, 4.69) is 11.6 Å². The highest BCUT2D eigenvalue weighted by Crippen LogP contribution is 2.32.